The number of nitrogens with one attached hydrogen (secondary N) is 2. The van der Waals surface area contributed by atoms with Crippen molar-refractivity contribution in [2.45, 2.75) is 6.54 Å². The molecule has 0 saturated carbocycles. The number of anilines is 2. The van der Waals surface area contributed by atoms with Gasteiger partial charge in [-0.2, -0.15) is 0 Å². The van der Waals surface area contributed by atoms with E-state index in [1.54, 1.807) is 4.90 Å². The van der Waals surface area contributed by atoms with Crippen molar-refractivity contribution >= 4 is 17.4 Å². The fourth-order valence-corrected chi connectivity index (χ4v) is 2.35. The van der Waals surface area contributed by atoms with Crippen LogP contribution in [0.15, 0.2) is 42.6 Å². The minimum absolute atomic E-state index is 0.0190. The standard InChI is InChI=1S/C15H18N4O/c1-18-9-2-3-14(18)11-17-12-4-6-13(7-5-12)19-10-8-16-15(19)20/h2-7,9,17H,8,10-11H2,1H3,(H,16,20). The Hall–Kier alpha value is -2.43. The third-order valence-corrected chi connectivity index (χ3v) is 3.56. The molecular weight excluding hydrogens is 252 g/mol. The maximum absolute atomic E-state index is 11.6. The molecule has 0 unspecified atom stereocenters. The number of carbonyl (C=O) groups excluding carboxylic acids is 1. The summed E-state index contributed by atoms with van der Waals surface area (Å²) in [7, 11) is 2.03. The molecule has 0 spiro atoms. The van der Waals surface area contributed by atoms with Gasteiger partial charge in [0, 0.05) is 43.4 Å². The number of benzene rings is 1. The summed E-state index contributed by atoms with van der Waals surface area (Å²) < 4.78 is 2.09. The van der Waals surface area contributed by atoms with E-state index in [1.807, 2.05) is 43.6 Å². The van der Waals surface area contributed by atoms with Gasteiger partial charge in [-0.1, -0.05) is 0 Å². The Balaban J connectivity index is 1.64. The van der Waals surface area contributed by atoms with E-state index in [9.17, 15) is 4.79 Å². The third kappa shape index (κ3) is 2.47. The van der Waals surface area contributed by atoms with E-state index in [1.165, 1.54) is 5.69 Å². The van der Waals surface area contributed by atoms with E-state index in [4.69, 9.17) is 0 Å². The van der Waals surface area contributed by atoms with Gasteiger partial charge in [0.2, 0.25) is 0 Å². The molecule has 2 heterocycles. The molecule has 104 valence electrons. The Morgan fingerprint density at radius 1 is 1.25 bits per heavy atom. The number of amides is 2. The highest BCUT2D eigenvalue weighted by molar-refractivity contribution is 5.94. The molecule has 1 aliphatic rings. The van der Waals surface area contributed by atoms with Gasteiger partial charge < -0.3 is 15.2 Å². The van der Waals surface area contributed by atoms with Gasteiger partial charge in [0.15, 0.2) is 0 Å². The highest BCUT2D eigenvalue weighted by Gasteiger charge is 2.20. The van der Waals surface area contributed by atoms with Gasteiger partial charge in [-0.25, -0.2) is 4.79 Å². The van der Waals surface area contributed by atoms with Crippen molar-refractivity contribution in [2.75, 3.05) is 23.3 Å². The molecular formula is C15H18N4O. The van der Waals surface area contributed by atoms with Crippen LogP contribution in [0.4, 0.5) is 16.2 Å². The quantitative estimate of drug-likeness (QED) is 0.894. The summed E-state index contributed by atoms with van der Waals surface area (Å²) in [6, 6.07) is 12.1. The zero-order valence-electron chi connectivity index (χ0n) is 11.5. The molecule has 1 saturated heterocycles. The Morgan fingerprint density at radius 3 is 2.65 bits per heavy atom. The maximum atomic E-state index is 11.6. The third-order valence-electron chi connectivity index (χ3n) is 3.56. The van der Waals surface area contributed by atoms with Gasteiger partial charge in [0.1, 0.15) is 0 Å². The second-order valence-electron chi connectivity index (χ2n) is 4.89. The average Bonchev–Trinajstić information content (AvgIpc) is 3.06. The van der Waals surface area contributed by atoms with Crippen LogP contribution in [0.5, 0.6) is 0 Å². The Kier molecular flexibility index (Phi) is 3.33. The van der Waals surface area contributed by atoms with Crippen LogP contribution in [-0.2, 0) is 13.6 Å². The summed E-state index contributed by atoms with van der Waals surface area (Å²) in [6.07, 6.45) is 2.03. The van der Waals surface area contributed by atoms with Crippen molar-refractivity contribution in [3.8, 4) is 0 Å². The van der Waals surface area contributed by atoms with Crippen LogP contribution >= 0.6 is 0 Å². The number of hydrogen-bond donors (Lipinski definition) is 2. The van der Waals surface area contributed by atoms with E-state index >= 15 is 0 Å². The lowest BCUT2D eigenvalue weighted by molar-refractivity contribution is 0.252. The molecule has 20 heavy (non-hydrogen) atoms. The summed E-state index contributed by atoms with van der Waals surface area (Å²) in [5.41, 5.74) is 3.21. The predicted molar refractivity (Wildman–Crippen MR) is 79.9 cm³/mol. The zero-order chi connectivity index (χ0) is 13.9. The fraction of sp³-hybridized carbons (Fsp3) is 0.267. The second kappa shape index (κ2) is 5.28. The van der Waals surface area contributed by atoms with E-state index in [2.05, 4.69) is 21.3 Å². The maximum Gasteiger partial charge on any atom is 0.321 e. The van der Waals surface area contributed by atoms with Crippen molar-refractivity contribution in [2.24, 2.45) is 7.05 Å². The minimum Gasteiger partial charge on any atom is -0.379 e. The van der Waals surface area contributed by atoms with E-state index < -0.39 is 0 Å². The molecule has 1 aliphatic heterocycles. The van der Waals surface area contributed by atoms with Crippen LogP contribution in [0.2, 0.25) is 0 Å². The van der Waals surface area contributed by atoms with Gasteiger partial charge in [-0.15, -0.1) is 0 Å². The van der Waals surface area contributed by atoms with Gasteiger partial charge in [-0.3, -0.25) is 4.90 Å². The van der Waals surface area contributed by atoms with E-state index in [0.717, 1.165) is 24.5 Å². The first-order valence-corrected chi connectivity index (χ1v) is 6.73. The van der Waals surface area contributed by atoms with Crippen LogP contribution in [0.3, 0.4) is 0 Å². The molecule has 2 aromatic rings. The summed E-state index contributed by atoms with van der Waals surface area (Å²) >= 11 is 0. The second-order valence-corrected chi connectivity index (χ2v) is 4.89. The first-order chi connectivity index (χ1) is 9.74. The van der Waals surface area contributed by atoms with E-state index in [0.29, 0.717) is 6.54 Å². The molecule has 0 aliphatic carbocycles. The van der Waals surface area contributed by atoms with Crippen LogP contribution in [0.25, 0.3) is 0 Å². The molecule has 0 bridgehead atoms. The molecule has 1 aromatic heterocycles. The number of hydrogen-bond acceptors (Lipinski definition) is 2. The van der Waals surface area contributed by atoms with E-state index in [-0.39, 0.29) is 6.03 Å². The predicted octanol–water partition coefficient (Wildman–Crippen LogP) is 2.17. The molecule has 2 N–H and O–H groups in total. The van der Waals surface area contributed by atoms with Crippen LogP contribution in [0.1, 0.15) is 5.69 Å². The highest BCUT2D eigenvalue weighted by atomic mass is 16.2. The SMILES string of the molecule is Cn1cccc1CNc1ccc(N2CCNC2=O)cc1. The minimum atomic E-state index is -0.0190. The normalized spacial score (nSPS) is 14.4. The summed E-state index contributed by atoms with van der Waals surface area (Å²) in [4.78, 5) is 13.3. The molecule has 1 fully saturated rings. The Morgan fingerprint density at radius 2 is 2.05 bits per heavy atom. The van der Waals surface area contributed by atoms with Crippen molar-refractivity contribution in [1.29, 1.82) is 0 Å². The molecule has 3 rings (SSSR count). The molecule has 0 radical (unpaired) electrons. The van der Waals surface area contributed by atoms with Gasteiger partial charge >= 0.3 is 6.03 Å². The van der Waals surface area contributed by atoms with Gasteiger partial charge in [0.05, 0.1) is 6.54 Å². The molecule has 5 heteroatoms. The van der Waals surface area contributed by atoms with Crippen molar-refractivity contribution in [3.63, 3.8) is 0 Å². The molecule has 2 amide bonds. The number of rotatable bonds is 4. The van der Waals surface area contributed by atoms with Crippen molar-refractivity contribution in [3.05, 3.63) is 48.3 Å². The van der Waals surface area contributed by atoms with Crippen molar-refractivity contribution in [1.82, 2.24) is 9.88 Å². The first kappa shape index (κ1) is 12.6. The highest BCUT2D eigenvalue weighted by Crippen LogP contribution is 2.19. The smallest absolute Gasteiger partial charge is 0.321 e. The van der Waals surface area contributed by atoms with Crippen LogP contribution < -0.4 is 15.5 Å². The summed E-state index contributed by atoms with van der Waals surface area (Å²) in [5.74, 6) is 0. The van der Waals surface area contributed by atoms with Crippen molar-refractivity contribution < 1.29 is 4.79 Å². The monoisotopic (exact) mass is 270 g/mol. The van der Waals surface area contributed by atoms with Gasteiger partial charge in [0.25, 0.3) is 0 Å². The number of carbonyl (C=O) groups is 1. The Labute approximate surface area is 118 Å². The van der Waals surface area contributed by atoms with Crippen LogP contribution in [0, 0.1) is 0 Å². The number of aromatic nitrogens is 1. The lowest BCUT2D eigenvalue weighted by Gasteiger charge is -2.15. The van der Waals surface area contributed by atoms with Crippen LogP contribution in [-0.4, -0.2) is 23.7 Å². The summed E-state index contributed by atoms with van der Waals surface area (Å²) in [5, 5.41) is 6.18. The number of aryl methyl sites for hydroxylation is 1. The zero-order valence-corrected chi connectivity index (χ0v) is 11.5. The number of nitrogens with zero attached hydrogens (tertiary/aromatic N) is 2. The first-order valence-electron chi connectivity index (χ1n) is 6.73. The molecule has 1 aromatic carbocycles. The topological polar surface area (TPSA) is 49.3 Å². The largest absolute Gasteiger partial charge is 0.379 e. The summed E-state index contributed by atoms with van der Waals surface area (Å²) in [6.45, 7) is 2.23. The van der Waals surface area contributed by atoms with Gasteiger partial charge in [-0.05, 0) is 36.4 Å². The lowest BCUT2D eigenvalue weighted by Crippen LogP contribution is -2.27. The Bertz CT molecular complexity index is 603. The number of urea groups is 1. The molecule has 0 atom stereocenters. The molecule has 5 nitrogen and oxygen atoms in total. The lowest BCUT2D eigenvalue weighted by atomic mass is 10.2. The average molecular weight is 270 g/mol. The fourth-order valence-electron chi connectivity index (χ4n) is 2.35.